The number of benzene rings is 1. The van der Waals surface area contributed by atoms with Gasteiger partial charge in [-0.25, -0.2) is 4.99 Å². The number of ether oxygens (including phenoxy) is 2. The zero-order chi connectivity index (χ0) is 15.4. The Bertz CT molecular complexity index is 522. The molecule has 5 nitrogen and oxygen atoms in total. The van der Waals surface area contributed by atoms with Gasteiger partial charge in [-0.15, -0.1) is 0 Å². The molecular formula is C17H25N3O2. The molecule has 1 aliphatic carbocycles. The van der Waals surface area contributed by atoms with Crippen molar-refractivity contribution < 1.29 is 9.47 Å². The minimum absolute atomic E-state index is 0.480. The van der Waals surface area contributed by atoms with Gasteiger partial charge in [0.1, 0.15) is 11.5 Å². The average Bonchev–Trinajstić information content (AvgIpc) is 2.97. The summed E-state index contributed by atoms with van der Waals surface area (Å²) in [4.78, 5) is 4.75. The summed E-state index contributed by atoms with van der Waals surface area (Å²) in [5, 5.41) is 6.93. The quantitative estimate of drug-likeness (QED) is 0.875. The van der Waals surface area contributed by atoms with Crippen LogP contribution in [0.1, 0.15) is 31.2 Å². The van der Waals surface area contributed by atoms with Crippen LogP contribution in [0, 0.1) is 0 Å². The van der Waals surface area contributed by atoms with E-state index in [1.165, 1.54) is 31.2 Å². The minimum Gasteiger partial charge on any atom is -0.497 e. The van der Waals surface area contributed by atoms with Crippen molar-refractivity contribution >= 4 is 5.96 Å². The molecule has 2 N–H and O–H groups in total. The van der Waals surface area contributed by atoms with Crippen molar-refractivity contribution in [2.45, 2.75) is 44.2 Å². The second-order valence-corrected chi connectivity index (χ2v) is 5.98. The van der Waals surface area contributed by atoms with E-state index in [2.05, 4.69) is 10.6 Å². The van der Waals surface area contributed by atoms with Crippen molar-refractivity contribution in [2.24, 2.45) is 4.99 Å². The molecule has 120 valence electrons. The van der Waals surface area contributed by atoms with E-state index in [-0.39, 0.29) is 0 Å². The molecule has 1 aliphatic heterocycles. The smallest absolute Gasteiger partial charge is 0.191 e. The van der Waals surface area contributed by atoms with Crippen LogP contribution in [0.3, 0.4) is 0 Å². The number of aliphatic imine (C=N–C) groups is 1. The minimum atomic E-state index is 0.480. The van der Waals surface area contributed by atoms with Gasteiger partial charge in [-0.05, 0) is 37.0 Å². The van der Waals surface area contributed by atoms with Crippen LogP contribution in [0.25, 0.3) is 0 Å². The lowest BCUT2D eigenvalue weighted by Gasteiger charge is -2.23. The van der Waals surface area contributed by atoms with Crippen molar-refractivity contribution in [1.29, 1.82) is 0 Å². The summed E-state index contributed by atoms with van der Waals surface area (Å²) in [6.07, 6.45) is 6.00. The van der Waals surface area contributed by atoms with E-state index in [1.54, 1.807) is 14.2 Å². The molecule has 2 aliphatic rings. The van der Waals surface area contributed by atoms with Gasteiger partial charge in [0, 0.05) is 12.6 Å². The van der Waals surface area contributed by atoms with E-state index >= 15 is 0 Å². The molecule has 0 unspecified atom stereocenters. The van der Waals surface area contributed by atoms with Crippen LogP contribution >= 0.6 is 0 Å². The van der Waals surface area contributed by atoms with E-state index < -0.39 is 0 Å². The number of hydrogen-bond donors (Lipinski definition) is 2. The fourth-order valence-corrected chi connectivity index (χ4v) is 3.25. The highest BCUT2D eigenvalue weighted by Gasteiger charge is 2.30. The Labute approximate surface area is 132 Å². The average molecular weight is 303 g/mol. The predicted octanol–water partition coefficient (Wildman–Crippen LogP) is 2.11. The van der Waals surface area contributed by atoms with Crippen LogP contribution < -0.4 is 20.1 Å². The Kier molecular flexibility index (Phi) is 4.71. The molecule has 1 fully saturated rings. The summed E-state index contributed by atoms with van der Waals surface area (Å²) in [6.45, 7) is 0.849. The van der Waals surface area contributed by atoms with Crippen LogP contribution in [-0.2, 0) is 6.42 Å². The second-order valence-electron chi connectivity index (χ2n) is 5.98. The van der Waals surface area contributed by atoms with Crippen LogP contribution in [0.5, 0.6) is 11.5 Å². The normalized spacial score (nSPS) is 23.3. The maximum atomic E-state index is 5.30. The van der Waals surface area contributed by atoms with Gasteiger partial charge < -0.3 is 20.1 Å². The molecule has 0 spiro atoms. The molecular weight excluding hydrogens is 278 g/mol. The summed E-state index contributed by atoms with van der Waals surface area (Å²) in [6, 6.07) is 7.02. The Morgan fingerprint density at radius 1 is 1.14 bits per heavy atom. The SMILES string of the molecule is COc1cc(CCNC2=N[C@@H]3CCCC[C@@H]3N2)cc(OC)c1. The van der Waals surface area contributed by atoms with Gasteiger partial charge in [-0.3, -0.25) is 0 Å². The molecule has 0 radical (unpaired) electrons. The molecule has 1 heterocycles. The Hall–Kier alpha value is -1.91. The van der Waals surface area contributed by atoms with Gasteiger partial charge >= 0.3 is 0 Å². The van der Waals surface area contributed by atoms with Crippen molar-refractivity contribution in [3.63, 3.8) is 0 Å². The fraction of sp³-hybridized carbons (Fsp3) is 0.588. The molecule has 0 saturated heterocycles. The number of guanidine groups is 1. The lowest BCUT2D eigenvalue weighted by molar-refractivity contribution is 0.384. The van der Waals surface area contributed by atoms with Gasteiger partial charge in [0.05, 0.1) is 26.3 Å². The maximum absolute atomic E-state index is 5.30. The first-order valence-electron chi connectivity index (χ1n) is 8.08. The molecule has 0 amide bonds. The highest BCUT2D eigenvalue weighted by Crippen LogP contribution is 2.24. The van der Waals surface area contributed by atoms with Crippen molar-refractivity contribution in [3.05, 3.63) is 23.8 Å². The third kappa shape index (κ3) is 3.46. The summed E-state index contributed by atoms with van der Waals surface area (Å²) >= 11 is 0. The van der Waals surface area contributed by atoms with Crippen molar-refractivity contribution in [3.8, 4) is 11.5 Å². The lowest BCUT2D eigenvalue weighted by Crippen LogP contribution is -2.42. The van der Waals surface area contributed by atoms with Gasteiger partial charge in [-0.1, -0.05) is 12.8 Å². The fourth-order valence-electron chi connectivity index (χ4n) is 3.25. The van der Waals surface area contributed by atoms with Gasteiger partial charge in [0.25, 0.3) is 0 Å². The summed E-state index contributed by atoms with van der Waals surface area (Å²) < 4.78 is 10.6. The van der Waals surface area contributed by atoms with E-state index in [0.29, 0.717) is 12.1 Å². The first-order chi connectivity index (χ1) is 10.8. The Morgan fingerprint density at radius 2 is 1.86 bits per heavy atom. The molecule has 1 aromatic rings. The molecule has 0 bridgehead atoms. The zero-order valence-electron chi connectivity index (χ0n) is 13.4. The van der Waals surface area contributed by atoms with E-state index in [4.69, 9.17) is 14.5 Å². The van der Waals surface area contributed by atoms with Crippen molar-refractivity contribution in [1.82, 2.24) is 10.6 Å². The first kappa shape index (κ1) is 15.0. The lowest BCUT2D eigenvalue weighted by atomic mass is 9.92. The van der Waals surface area contributed by atoms with Crippen LogP contribution in [0.4, 0.5) is 0 Å². The van der Waals surface area contributed by atoms with Gasteiger partial charge in [0.15, 0.2) is 5.96 Å². The van der Waals surface area contributed by atoms with Crippen molar-refractivity contribution in [2.75, 3.05) is 20.8 Å². The number of methoxy groups -OCH3 is 2. The third-order valence-corrected chi connectivity index (χ3v) is 4.46. The second kappa shape index (κ2) is 6.90. The molecule has 0 aromatic heterocycles. The highest BCUT2D eigenvalue weighted by molar-refractivity contribution is 5.82. The largest absolute Gasteiger partial charge is 0.497 e. The predicted molar refractivity (Wildman–Crippen MR) is 87.9 cm³/mol. The van der Waals surface area contributed by atoms with E-state index in [1.807, 2.05) is 18.2 Å². The topological polar surface area (TPSA) is 54.9 Å². The number of rotatable bonds is 5. The van der Waals surface area contributed by atoms with Gasteiger partial charge in [-0.2, -0.15) is 0 Å². The molecule has 22 heavy (non-hydrogen) atoms. The standard InChI is InChI=1S/C17H25N3O2/c1-21-13-9-12(10-14(11-13)22-2)7-8-18-17-19-15-5-3-4-6-16(15)20-17/h9-11,15-16H,3-8H2,1-2H3,(H2,18,19,20)/t15-,16+. The summed E-state index contributed by atoms with van der Waals surface area (Å²) in [5.41, 5.74) is 1.19. The molecule has 1 aromatic carbocycles. The summed E-state index contributed by atoms with van der Waals surface area (Å²) in [5.74, 6) is 2.63. The molecule has 2 atom stereocenters. The highest BCUT2D eigenvalue weighted by atomic mass is 16.5. The number of fused-ring (bicyclic) bond motifs is 1. The number of nitrogens with zero attached hydrogens (tertiary/aromatic N) is 1. The van der Waals surface area contributed by atoms with Crippen LogP contribution in [0.2, 0.25) is 0 Å². The van der Waals surface area contributed by atoms with Crippen LogP contribution in [-0.4, -0.2) is 38.8 Å². The van der Waals surface area contributed by atoms with E-state index in [0.717, 1.165) is 30.4 Å². The maximum Gasteiger partial charge on any atom is 0.191 e. The van der Waals surface area contributed by atoms with Crippen LogP contribution in [0.15, 0.2) is 23.2 Å². The summed E-state index contributed by atoms with van der Waals surface area (Å²) in [7, 11) is 3.35. The number of nitrogens with one attached hydrogen (secondary N) is 2. The molecule has 5 heteroatoms. The molecule has 3 rings (SSSR count). The Balaban J connectivity index is 1.53. The zero-order valence-corrected chi connectivity index (χ0v) is 13.4. The third-order valence-electron chi connectivity index (χ3n) is 4.46. The van der Waals surface area contributed by atoms with E-state index in [9.17, 15) is 0 Å². The van der Waals surface area contributed by atoms with Gasteiger partial charge in [0.2, 0.25) is 0 Å². The first-order valence-corrected chi connectivity index (χ1v) is 8.08. The Morgan fingerprint density at radius 3 is 2.55 bits per heavy atom. The molecule has 1 saturated carbocycles. The number of hydrogen-bond acceptors (Lipinski definition) is 5. The monoisotopic (exact) mass is 303 g/mol.